The molecule has 0 aliphatic carbocycles. The van der Waals surface area contributed by atoms with Crippen molar-refractivity contribution < 1.29 is 14.2 Å². The van der Waals surface area contributed by atoms with Gasteiger partial charge < -0.3 is 25.3 Å². The standard InChI is InChI=1S/C22H31N3O3.HI/c1-6-15-9-8-10-16(7-2)19(15)25-22(23)24-14-13-17-11-12-18(26-3)21(28-5)20(17)27-4;/h8-12H,6-7,13-14H2,1-5H3,(H3,23,24,25);1H. The van der Waals surface area contributed by atoms with E-state index in [0.717, 1.165) is 24.1 Å². The quantitative estimate of drug-likeness (QED) is 0.295. The highest BCUT2D eigenvalue weighted by Crippen LogP contribution is 2.39. The summed E-state index contributed by atoms with van der Waals surface area (Å²) in [7, 11) is 4.82. The topological polar surface area (TPSA) is 78.1 Å². The lowest BCUT2D eigenvalue weighted by molar-refractivity contribution is 0.322. The van der Waals surface area contributed by atoms with Crippen LogP contribution in [0, 0.1) is 0 Å². The summed E-state index contributed by atoms with van der Waals surface area (Å²) in [5, 5.41) is 3.29. The molecular weight excluding hydrogens is 481 g/mol. The molecule has 0 fully saturated rings. The normalized spacial score (nSPS) is 10.9. The fraction of sp³-hybridized carbons (Fsp3) is 0.409. The molecule has 6 nitrogen and oxygen atoms in total. The zero-order chi connectivity index (χ0) is 20.5. The second-order valence-corrected chi connectivity index (χ2v) is 6.29. The van der Waals surface area contributed by atoms with Crippen LogP contribution in [-0.4, -0.2) is 33.8 Å². The molecule has 0 aliphatic heterocycles. The monoisotopic (exact) mass is 513 g/mol. The molecule has 0 spiro atoms. The Kier molecular flexibility index (Phi) is 10.6. The average molecular weight is 513 g/mol. The molecule has 3 N–H and O–H groups in total. The number of halogens is 1. The van der Waals surface area contributed by atoms with Crippen LogP contribution >= 0.6 is 24.0 Å². The van der Waals surface area contributed by atoms with Crippen LogP contribution in [0.25, 0.3) is 0 Å². The number of rotatable bonds is 9. The Morgan fingerprint density at radius 2 is 1.52 bits per heavy atom. The number of nitrogens with two attached hydrogens (primary N) is 1. The fourth-order valence-corrected chi connectivity index (χ4v) is 3.23. The summed E-state index contributed by atoms with van der Waals surface area (Å²) in [5.74, 6) is 2.29. The molecule has 0 radical (unpaired) electrons. The molecule has 2 rings (SSSR count). The molecule has 0 atom stereocenters. The number of nitrogens with zero attached hydrogens (tertiary/aromatic N) is 1. The minimum atomic E-state index is 0. The number of hydrogen-bond acceptors (Lipinski definition) is 4. The number of aryl methyl sites for hydroxylation is 2. The van der Waals surface area contributed by atoms with Crippen molar-refractivity contribution in [2.24, 2.45) is 10.7 Å². The Labute approximate surface area is 190 Å². The average Bonchev–Trinajstić information content (AvgIpc) is 2.73. The van der Waals surface area contributed by atoms with E-state index in [1.54, 1.807) is 21.3 Å². The first kappa shape index (κ1) is 24.9. The smallest absolute Gasteiger partial charge is 0.203 e. The van der Waals surface area contributed by atoms with Gasteiger partial charge in [-0.15, -0.1) is 24.0 Å². The summed E-state index contributed by atoms with van der Waals surface area (Å²) in [6.07, 6.45) is 2.54. The van der Waals surface area contributed by atoms with Gasteiger partial charge in [-0.3, -0.25) is 4.99 Å². The summed E-state index contributed by atoms with van der Waals surface area (Å²) in [6, 6.07) is 10.1. The summed E-state index contributed by atoms with van der Waals surface area (Å²) < 4.78 is 16.3. The molecule has 0 aliphatic rings. The van der Waals surface area contributed by atoms with Crippen LogP contribution < -0.4 is 25.3 Å². The molecule has 0 aromatic heterocycles. The van der Waals surface area contributed by atoms with Crippen LogP contribution in [0.3, 0.4) is 0 Å². The predicted octanol–water partition coefficient (Wildman–Crippen LogP) is 4.42. The van der Waals surface area contributed by atoms with Crippen molar-refractivity contribution in [3.05, 3.63) is 47.0 Å². The number of hydrogen-bond donors (Lipinski definition) is 2. The lowest BCUT2D eigenvalue weighted by atomic mass is 10.0. The second kappa shape index (κ2) is 12.4. The summed E-state index contributed by atoms with van der Waals surface area (Å²) >= 11 is 0. The molecule has 7 heteroatoms. The number of anilines is 1. The van der Waals surface area contributed by atoms with Crippen molar-refractivity contribution >= 4 is 35.6 Å². The molecule has 29 heavy (non-hydrogen) atoms. The van der Waals surface area contributed by atoms with E-state index in [4.69, 9.17) is 19.9 Å². The molecule has 0 unspecified atom stereocenters. The minimum Gasteiger partial charge on any atom is -0.493 e. The molecule has 0 saturated heterocycles. The Morgan fingerprint density at radius 1 is 0.897 bits per heavy atom. The maximum atomic E-state index is 6.15. The summed E-state index contributed by atoms with van der Waals surface area (Å²) in [4.78, 5) is 4.49. The second-order valence-electron chi connectivity index (χ2n) is 6.29. The van der Waals surface area contributed by atoms with Gasteiger partial charge in [-0.05, 0) is 36.5 Å². The third-order valence-corrected chi connectivity index (χ3v) is 4.70. The molecular formula is C22H32IN3O3. The van der Waals surface area contributed by atoms with Crippen molar-refractivity contribution in [2.45, 2.75) is 33.1 Å². The van der Waals surface area contributed by atoms with Gasteiger partial charge in [0.2, 0.25) is 5.75 Å². The molecule has 0 saturated carbocycles. The van der Waals surface area contributed by atoms with E-state index in [2.05, 4.69) is 42.4 Å². The van der Waals surface area contributed by atoms with Crippen molar-refractivity contribution in [3.8, 4) is 17.2 Å². The van der Waals surface area contributed by atoms with E-state index in [1.807, 2.05) is 12.1 Å². The number of ether oxygens (including phenoxy) is 3. The van der Waals surface area contributed by atoms with Crippen molar-refractivity contribution in [2.75, 3.05) is 33.2 Å². The summed E-state index contributed by atoms with van der Waals surface area (Å²) in [5.41, 5.74) is 10.7. The van der Waals surface area contributed by atoms with Crippen LogP contribution in [0.15, 0.2) is 35.3 Å². The highest BCUT2D eigenvalue weighted by molar-refractivity contribution is 14.0. The highest BCUT2D eigenvalue weighted by atomic mass is 127. The third kappa shape index (κ3) is 6.16. The molecule has 0 bridgehead atoms. The van der Waals surface area contributed by atoms with Gasteiger partial charge in [0.15, 0.2) is 17.5 Å². The predicted molar refractivity (Wildman–Crippen MR) is 131 cm³/mol. The van der Waals surface area contributed by atoms with Crippen LogP contribution in [-0.2, 0) is 19.3 Å². The van der Waals surface area contributed by atoms with Gasteiger partial charge in [-0.2, -0.15) is 0 Å². The number of guanidine groups is 1. The largest absolute Gasteiger partial charge is 0.493 e. The first-order valence-electron chi connectivity index (χ1n) is 9.55. The highest BCUT2D eigenvalue weighted by Gasteiger charge is 2.15. The van der Waals surface area contributed by atoms with Crippen LogP contribution in [0.2, 0.25) is 0 Å². The first-order valence-corrected chi connectivity index (χ1v) is 9.55. The minimum absolute atomic E-state index is 0. The first-order chi connectivity index (χ1) is 13.6. The van der Waals surface area contributed by atoms with Crippen LogP contribution in [0.5, 0.6) is 17.2 Å². The van der Waals surface area contributed by atoms with Gasteiger partial charge in [0.1, 0.15) is 0 Å². The van der Waals surface area contributed by atoms with E-state index in [-0.39, 0.29) is 24.0 Å². The number of benzene rings is 2. The molecule has 160 valence electrons. The lowest BCUT2D eigenvalue weighted by Gasteiger charge is -2.16. The Bertz CT molecular complexity index is 803. The molecule has 2 aromatic carbocycles. The van der Waals surface area contributed by atoms with Gasteiger partial charge >= 0.3 is 0 Å². The Balaban J connectivity index is 0.00000420. The van der Waals surface area contributed by atoms with Crippen molar-refractivity contribution in [3.63, 3.8) is 0 Å². The number of para-hydroxylation sites is 1. The van der Waals surface area contributed by atoms with Crippen LogP contribution in [0.1, 0.15) is 30.5 Å². The van der Waals surface area contributed by atoms with Crippen molar-refractivity contribution in [1.29, 1.82) is 0 Å². The number of nitrogens with one attached hydrogen (secondary N) is 1. The van der Waals surface area contributed by atoms with E-state index < -0.39 is 0 Å². The maximum Gasteiger partial charge on any atom is 0.203 e. The number of aliphatic imine (C=N–C) groups is 1. The van der Waals surface area contributed by atoms with Crippen LogP contribution in [0.4, 0.5) is 5.69 Å². The maximum absolute atomic E-state index is 6.15. The van der Waals surface area contributed by atoms with E-state index in [0.29, 0.717) is 36.2 Å². The van der Waals surface area contributed by atoms with Gasteiger partial charge in [0.25, 0.3) is 0 Å². The molecule has 0 amide bonds. The lowest BCUT2D eigenvalue weighted by Crippen LogP contribution is -2.24. The van der Waals surface area contributed by atoms with Crippen molar-refractivity contribution in [1.82, 2.24) is 0 Å². The Morgan fingerprint density at radius 3 is 2.03 bits per heavy atom. The fourth-order valence-electron chi connectivity index (χ4n) is 3.23. The van der Waals surface area contributed by atoms with E-state index in [1.165, 1.54) is 11.1 Å². The van der Waals surface area contributed by atoms with Gasteiger partial charge in [0.05, 0.1) is 21.3 Å². The zero-order valence-electron chi connectivity index (χ0n) is 17.9. The van der Waals surface area contributed by atoms with E-state index >= 15 is 0 Å². The van der Waals surface area contributed by atoms with Gasteiger partial charge in [-0.25, -0.2) is 0 Å². The number of methoxy groups -OCH3 is 3. The SMILES string of the molecule is CCc1cccc(CC)c1NC(N)=NCCc1ccc(OC)c(OC)c1OC.I. The molecule has 0 heterocycles. The van der Waals surface area contributed by atoms with Gasteiger partial charge in [0, 0.05) is 17.8 Å². The zero-order valence-corrected chi connectivity index (χ0v) is 20.2. The molecule has 2 aromatic rings. The van der Waals surface area contributed by atoms with E-state index in [9.17, 15) is 0 Å². The summed E-state index contributed by atoms with van der Waals surface area (Å²) in [6.45, 7) is 4.80. The third-order valence-electron chi connectivity index (χ3n) is 4.70. The Hall–Kier alpha value is -2.16. The van der Waals surface area contributed by atoms with Gasteiger partial charge in [-0.1, -0.05) is 38.1 Å².